The van der Waals surface area contributed by atoms with Crippen molar-refractivity contribution in [1.29, 1.82) is 0 Å². The normalized spacial score (nSPS) is 15.9. The predicted octanol–water partition coefficient (Wildman–Crippen LogP) is 4.97. The number of aromatic nitrogens is 4. The van der Waals surface area contributed by atoms with Gasteiger partial charge in [0.05, 0.1) is 31.0 Å². The molecule has 0 bridgehead atoms. The second kappa shape index (κ2) is 8.68. The highest BCUT2D eigenvalue weighted by Gasteiger charge is 2.40. The first kappa shape index (κ1) is 21.9. The monoisotopic (exact) mass is 447 g/mol. The molecule has 1 aromatic heterocycles. The molecule has 1 N–H and O–H groups in total. The van der Waals surface area contributed by atoms with Crippen LogP contribution in [0.15, 0.2) is 42.5 Å². The molecule has 0 unspecified atom stereocenters. The van der Waals surface area contributed by atoms with Gasteiger partial charge < -0.3 is 14.8 Å². The number of methoxy groups -OCH3 is 2. The lowest BCUT2D eigenvalue weighted by Gasteiger charge is -2.37. The van der Waals surface area contributed by atoms with Crippen molar-refractivity contribution in [3.05, 3.63) is 53.9 Å². The molecule has 0 aliphatic heterocycles. The van der Waals surface area contributed by atoms with Gasteiger partial charge in [-0.05, 0) is 53.6 Å². The van der Waals surface area contributed by atoms with Gasteiger partial charge in [-0.3, -0.25) is 0 Å². The molecule has 7 nitrogen and oxygen atoms in total. The highest BCUT2D eigenvalue weighted by molar-refractivity contribution is 5.56. The van der Waals surface area contributed by atoms with E-state index in [-0.39, 0.29) is 5.69 Å². The summed E-state index contributed by atoms with van der Waals surface area (Å²) in [4.78, 5) is 0. The predicted molar refractivity (Wildman–Crippen MR) is 112 cm³/mol. The smallest absolute Gasteiger partial charge is 0.416 e. The van der Waals surface area contributed by atoms with Crippen molar-refractivity contribution < 1.29 is 22.6 Å². The zero-order valence-electron chi connectivity index (χ0n) is 17.8. The fourth-order valence-corrected chi connectivity index (χ4v) is 4.22. The van der Waals surface area contributed by atoms with Crippen LogP contribution >= 0.6 is 0 Å². The largest absolute Gasteiger partial charge is 0.493 e. The Bertz CT molecular complexity index is 1080. The lowest BCUT2D eigenvalue weighted by atomic mass is 9.80. The summed E-state index contributed by atoms with van der Waals surface area (Å²) in [6.07, 6.45) is -0.0298. The highest BCUT2D eigenvalue weighted by atomic mass is 19.4. The lowest BCUT2D eigenvalue weighted by molar-refractivity contribution is -0.137. The molecule has 1 aliphatic rings. The minimum Gasteiger partial charge on any atom is -0.493 e. The molecule has 1 fully saturated rings. The Labute approximate surface area is 183 Å². The summed E-state index contributed by atoms with van der Waals surface area (Å²) < 4.78 is 51.9. The van der Waals surface area contributed by atoms with E-state index in [1.165, 1.54) is 10.7 Å². The van der Waals surface area contributed by atoms with Gasteiger partial charge in [-0.15, -0.1) is 5.10 Å². The van der Waals surface area contributed by atoms with Crippen LogP contribution in [0.1, 0.15) is 43.5 Å². The van der Waals surface area contributed by atoms with Gasteiger partial charge in [0.2, 0.25) is 0 Å². The zero-order chi connectivity index (χ0) is 22.8. The third-order valence-electron chi connectivity index (χ3n) is 5.79. The maximum Gasteiger partial charge on any atom is 0.416 e. The van der Waals surface area contributed by atoms with E-state index in [1.807, 2.05) is 12.1 Å². The molecule has 170 valence electrons. The number of hydrogen-bond donors (Lipinski definition) is 1. The number of rotatable bonds is 6. The molecule has 0 saturated heterocycles. The summed E-state index contributed by atoms with van der Waals surface area (Å²) in [6, 6.07) is 10.5. The Hall–Kier alpha value is -3.30. The number of anilines is 1. The highest BCUT2D eigenvalue weighted by Crippen LogP contribution is 2.41. The maximum atomic E-state index is 13.3. The molecular formula is C22H24F3N5O2. The standard InChI is InChI=1S/C22H24F3N5O2/c1-31-18-10-9-16(14-19(18)32-2)26-21(11-4-3-5-12-21)20-27-28-29-30(20)17-8-6-7-15(13-17)22(23,24)25/h6-10,13-14,26H,3-5,11-12H2,1-2H3. The summed E-state index contributed by atoms with van der Waals surface area (Å²) in [5, 5.41) is 15.7. The van der Waals surface area contributed by atoms with Crippen LogP contribution in [0.3, 0.4) is 0 Å². The van der Waals surface area contributed by atoms with Crippen LogP contribution in [0.2, 0.25) is 0 Å². The minimum atomic E-state index is -4.45. The summed E-state index contributed by atoms with van der Waals surface area (Å²) in [5.74, 6) is 1.65. The number of alkyl halides is 3. The Kier molecular flexibility index (Phi) is 5.94. The van der Waals surface area contributed by atoms with Gasteiger partial charge in [0, 0.05) is 11.8 Å². The van der Waals surface area contributed by atoms with Gasteiger partial charge in [-0.1, -0.05) is 25.3 Å². The number of hydrogen-bond acceptors (Lipinski definition) is 6. The van der Waals surface area contributed by atoms with Crippen molar-refractivity contribution in [3.63, 3.8) is 0 Å². The molecule has 3 aromatic rings. The van der Waals surface area contributed by atoms with Crippen LogP contribution in [-0.2, 0) is 11.7 Å². The fraction of sp³-hybridized carbons (Fsp3) is 0.409. The van der Waals surface area contributed by atoms with Gasteiger partial charge in [0.1, 0.15) is 0 Å². The lowest BCUT2D eigenvalue weighted by Crippen LogP contribution is -2.40. The summed E-state index contributed by atoms with van der Waals surface area (Å²) in [6.45, 7) is 0. The number of benzene rings is 2. The molecule has 1 heterocycles. The molecule has 0 amide bonds. The summed E-state index contributed by atoms with van der Waals surface area (Å²) in [5.41, 5.74) is -0.348. The zero-order valence-corrected chi connectivity index (χ0v) is 17.8. The van der Waals surface area contributed by atoms with E-state index in [9.17, 15) is 13.2 Å². The van der Waals surface area contributed by atoms with Crippen molar-refractivity contribution in [2.24, 2.45) is 0 Å². The maximum absolute atomic E-state index is 13.3. The Morgan fingerprint density at radius 2 is 1.72 bits per heavy atom. The Morgan fingerprint density at radius 3 is 2.41 bits per heavy atom. The molecule has 1 aliphatic carbocycles. The second-order valence-corrected chi connectivity index (χ2v) is 7.80. The van der Waals surface area contributed by atoms with Crippen LogP contribution in [0, 0.1) is 0 Å². The minimum absolute atomic E-state index is 0.263. The topological polar surface area (TPSA) is 74.1 Å². The van der Waals surface area contributed by atoms with Crippen LogP contribution in [-0.4, -0.2) is 34.4 Å². The number of halogens is 3. The Morgan fingerprint density at radius 1 is 0.969 bits per heavy atom. The molecule has 32 heavy (non-hydrogen) atoms. The van der Waals surface area contributed by atoms with Crippen molar-refractivity contribution in [3.8, 4) is 17.2 Å². The van der Waals surface area contributed by atoms with Crippen molar-refractivity contribution >= 4 is 5.69 Å². The first-order valence-corrected chi connectivity index (χ1v) is 10.3. The van der Waals surface area contributed by atoms with Crippen LogP contribution in [0.5, 0.6) is 11.5 Å². The van der Waals surface area contributed by atoms with Gasteiger partial charge in [0.25, 0.3) is 0 Å². The fourth-order valence-electron chi connectivity index (χ4n) is 4.22. The Balaban J connectivity index is 1.76. The molecule has 0 spiro atoms. The first-order chi connectivity index (χ1) is 15.4. The quantitative estimate of drug-likeness (QED) is 0.575. The van der Waals surface area contributed by atoms with Gasteiger partial charge >= 0.3 is 6.18 Å². The average Bonchev–Trinajstić information content (AvgIpc) is 3.30. The second-order valence-electron chi connectivity index (χ2n) is 7.80. The van der Waals surface area contributed by atoms with Gasteiger partial charge in [-0.25, -0.2) is 0 Å². The number of nitrogens with zero attached hydrogens (tertiary/aromatic N) is 4. The molecule has 2 aromatic carbocycles. The number of tetrazole rings is 1. The molecule has 1 saturated carbocycles. The van der Waals surface area contributed by atoms with E-state index >= 15 is 0 Å². The SMILES string of the molecule is COc1ccc(NC2(c3nnnn3-c3cccc(C(F)(F)F)c3)CCCCC2)cc1OC. The van der Waals surface area contributed by atoms with Crippen molar-refractivity contribution in [2.45, 2.75) is 43.8 Å². The van der Waals surface area contributed by atoms with E-state index in [1.54, 1.807) is 26.4 Å². The number of ether oxygens (including phenoxy) is 2. The molecule has 4 rings (SSSR count). The number of nitrogens with one attached hydrogen (secondary N) is 1. The molecular weight excluding hydrogens is 423 g/mol. The van der Waals surface area contributed by atoms with Crippen LogP contribution in [0.4, 0.5) is 18.9 Å². The van der Waals surface area contributed by atoms with Gasteiger partial charge in [-0.2, -0.15) is 17.9 Å². The van der Waals surface area contributed by atoms with Crippen molar-refractivity contribution in [2.75, 3.05) is 19.5 Å². The third-order valence-corrected chi connectivity index (χ3v) is 5.79. The summed E-state index contributed by atoms with van der Waals surface area (Å²) >= 11 is 0. The summed E-state index contributed by atoms with van der Waals surface area (Å²) in [7, 11) is 3.13. The van der Waals surface area contributed by atoms with Gasteiger partial charge in [0.15, 0.2) is 17.3 Å². The van der Waals surface area contributed by atoms with E-state index < -0.39 is 17.3 Å². The van der Waals surface area contributed by atoms with Crippen LogP contribution in [0.25, 0.3) is 5.69 Å². The third kappa shape index (κ3) is 4.21. The molecule has 10 heteroatoms. The van der Waals surface area contributed by atoms with E-state index in [0.29, 0.717) is 17.3 Å². The van der Waals surface area contributed by atoms with E-state index in [0.717, 1.165) is 49.9 Å². The first-order valence-electron chi connectivity index (χ1n) is 10.3. The average molecular weight is 447 g/mol. The van der Waals surface area contributed by atoms with Crippen molar-refractivity contribution in [1.82, 2.24) is 20.2 Å². The van der Waals surface area contributed by atoms with E-state index in [4.69, 9.17) is 9.47 Å². The molecule has 0 atom stereocenters. The van der Waals surface area contributed by atoms with Crippen LogP contribution < -0.4 is 14.8 Å². The molecule has 0 radical (unpaired) electrons. The van der Waals surface area contributed by atoms with E-state index in [2.05, 4.69) is 20.8 Å².